The third kappa shape index (κ3) is 5.18. The van der Waals surface area contributed by atoms with Crippen molar-refractivity contribution in [2.24, 2.45) is 10.7 Å². The van der Waals surface area contributed by atoms with Crippen LogP contribution < -0.4 is 15.8 Å². The molecule has 4 N–H and O–H groups in total. The normalized spacial score (nSPS) is 10.8. The Balaban J connectivity index is 0.00000225. The Bertz CT molecular complexity index is 835. The highest BCUT2D eigenvalue weighted by molar-refractivity contribution is 14.0. The number of hydrogen-bond acceptors (Lipinski definition) is 4. The van der Waals surface area contributed by atoms with Gasteiger partial charge in [0.2, 0.25) is 0 Å². The molecule has 7 nitrogen and oxygen atoms in total. The molecule has 0 amide bonds. The summed E-state index contributed by atoms with van der Waals surface area (Å²) in [6.07, 6.45) is 1.48. The molecule has 0 spiro atoms. The van der Waals surface area contributed by atoms with Gasteiger partial charge in [0.1, 0.15) is 12.1 Å². The van der Waals surface area contributed by atoms with Crippen molar-refractivity contribution in [1.29, 1.82) is 0 Å². The molecule has 0 unspecified atom stereocenters. The zero-order valence-corrected chi connectivity index (χ0v) is 16.0. The largest absolute Gasteiger partial charge is 0.497 e. The number of anilines is 1. The Labute approximate surface area is 162 Å². The van der Waals surface area contributed by atoms with Crippen LogP contribution in [0.25, 0.3) is 11.4 Å². The number of benzene rings is 2. The van der Waals surface area contributed by atoms with Gasteiger partial charge in [0.15, 0.2) is 11.8 Å². The number of nitrogens with zero attached hydrogens (tertiary/aromatic N) is 3. The van der Waals surface area contributed by atoms with Crippen molar-refractivity contribution in [2.75, 3.05) is 12.4 Å². The minimum atomic E-state index is 0. The fourth-order valence-electron chi connectivity index (χ4n) is 2.23. The molecule has 3 rings (SSSR count). The maximum absolute atomic E-state index is 5.95. The lowest BCUT2D eigenvalue weighted by molar-refractivity contribution is 0.415. The van der Waals surface area contributed by atoms with E-state index in [1.165, 1.54) is 6.33 Å². The maximum Gasteiger partial charge on any atom is 0.193 e. The van der Waals surface area contributed by atoms with Crippen molar-refractivity contribution in [1.82, 2.24) is 15.2 Å². The molecule has 0 aliphatic heterocycles. The first-order chi connectivity index (χ1) is 11.7. The molecule has 0 fully saturated rings. The minimum Gasteiger partial charge on any atom is -0.497 e. The zero-order valence-electron chi connectivity index (χ0n) is 13.6. The molecule has 1 aromatic heterocycles. The number of aromatic nitrogens is 3. The molecule has 25 heavy (non-hydrogen) atoms. The third-order valence-electron chi connectivity index (χ3n) is 3.39. The predicted octanol–water partition coefficient (Wildman–Crippen LogP) is 3.03. The fourth-order valence-corrected chi connectivity index (χ4v) is 2.23. The van der Waals surface area contributed by atoms with E-state index >= 15 is 0 Å². The molecule has 3 aromatic rings. The number of aromatic amines is 1. The summed E-state index contributed by atoms with van der Waals surface area (Å²) in [5, 5.41) is 9.75. The second kappa shape index (κ2) is 9.02. The number of halogens is 1. The first-order valence-electron chi connectivity index (χ1n) is 7.40. The van der Waals surface area contributed by atoms with Gasteiger partial charge in [-0.15, -0.1) is 24.0 Å². The van der Waals surface area contributed by atoms with E-state index in [2.05, 4.69) is 25.5 Å². The van der Waals surface area contributed by atoms with Gasteiger partial charge in [-0.3, -0.25) is 5.10 Å². The molecule has 0 atom stereocenters. The molecular formula is C17H19IN6O. The minimum absolute atomic E-state index is 0. The van der Waals surface area contributed by atoms with Crippen LogP contribution in [0.3, 0.4) is 0 Å². The van der Waals surface area contributed by atoms with Crippen molar-refractivity contribution < 1.29 is 4.74 Å². The second-order valence-corrected chi connectivity index (χ2v) is 5.09. The van der Waals surface area contributed by atoms with Crippen LogP contribution in [-0.4, -0.2) is 28.3 Å². The Kier molecular flexibility index (Phi) is 6.75. The smallest absolute Gasteiger partial charge is 0.193 e. The van der Waals surface area contributed by atoms with Crippen LogP contribution in [-0.2, 0) is 6.54 Å². The van der Waals surface area contributed by atoms with Crippen molar-refractivity contribution in [3.05, 3.63) is 60.4 Å². The van der Waals surface area contributed by atoms with Crippen molar-refractivity contribution in [2.45, 2.75) is 6.54 Å². The van der Waals surface area contributed by atoms with Crippen LogP contribution >= 0.6 is 24.0 Å². The predicted molar refractivity (Wildman–Crippen MR) is 109 cm³/mol. The maximum atomic E-state index is 5.95. The van der Waals surface area contributed by atoms with Crippen molar-refractivity contribution in [3.63, 3.8) is 0 Å². The second-order valence-electron chi connectivity index (χ2n) is 5.09. The summed E-state index contributed by atoms with van der Waals surface area (Å²) in [6, 6.07) is 15.4. The van der Waals surface area contributed by atoms with E-state index in [1.54, 1.807) is 7.11 Å². The molecule has 0 saturated heterocycles. The number of nitrogens with one attached hydrogen (secondary N) is 2. The van der Waals surface area contributed by atoms with Crippen LogP contribution in [0.4, 0.5) is 5.69 Å². The number of hydrogen-bond donors (Lipinski definition) is 3. The first-order valence-corrected chi connectivity index (χ1v) is 7.40. The van der Waals surface area contributed by atoms with Crippen LogP contribution in [0.15, 0.2) is 59.9 Å². The zero-order chi connectivity index (χ0) is 16.8. The van der Waals surface area contributed by atoms with E-state index in [0.29, 0.717) is 12.5 Å². The lowest BCUT2D eigenvalue weighted by Gasteiger charge is -2.07. The van der Waals surface area contributed by atoms with Crippen LogP contribution in [0.1, 0.15) is 5.56 Å². The Hall–Kier alpha value is -2.62. The van der Waals surface area contributed by atoms with Gasteiger partial charge in [0, 0.05) is 17.3 Å². The summed E-state index contributed by atoms with van der Waals surface area (Å²) in [5.41, 5.74) is 8.76. The summed E-state index contributed by atoms with van der Waals surface area (Å²) in [7, 11) is 1.62. The molecule has 0 aliphatic rings. The van der Waals surface area contributed by atoms with E-state index in [-0.39, 0.29) is 24.0 Å². The molecule has 8 heteroatoms. The number of methoxy groups -OCH3 is 1. The van der Waals surface area contributed by atoms with Crippen LogP contribution in [0, 0.1) is 0 Å². The molecule has 0 radical (unpaired) electrons. The number of aliphatic imine (C=N–C) groups is 1. The van der Waals surface area contributed by atoms with Gasteiger partial charge in [0.25, 0.3) is 0 Å². The van der Waals surface area contributed by atoms with Gasteiger partial charge >= 0.3 is 0 Å². The Morgan fingerprint density at radius 1 is 1.24 bits per heavy atom. The van der Waals surface area contributed by atoms with Crippen LogP contribution in [0.2, 0.25) is 0 Å². The van der Waals surface area contributed by atoms with E-state index in [1.807, 2.05) is 48.5 Å². The summed E-state index contributed by atoms with van der Waals surface area (Å²) >= 11 is 0. The average Bonchev–Trinajstić information content (AvgIpc) is 3.15. The average molecular weight is 450 g/mol. The monoisotopic (exact) mass is 450 g/mol. The Morgan fingerprint density at radius 2 is 2.08 bits per heavy atom. The highest BCUT2D eigenvalue weighted by Gasteiger charge is 2.02. The van der Waals surface area contributed by atoms with Gasteiger partial charge < -0.3 is 15.8 Å². The molecule has 0 bridgehead atoms. The molecule has 0 saturated carbocycles. The fraction of sp³-hybridized carbons (Fsp3) is 0.118. The topological polar surface area (TPSA) is 101 Å². The molecular weight excluding hydrogens is 431 g/mol. The number of guanidine groups is 1. The van der Waals surface area contributed by atoms with Gasteiger partial charge in [-0.1, -0.05) is 24.3 Å². The molecule has 130 valence electrons. The highest BCUT2D eigenvalue weighted by Crippen LogP contribution is 2.17. The first kappa shape index (κ1) is 18.7. The summed E-state index contributed by atoms with van der Waals surface area (Å²) in [6.45, 7) is 0.463. The van der Waals surface area contributed by atoms with Crippen molar-refractivity contribution in [3.8, 4) is 17.1 Å². The van der Waals surface area contributed by atoms with Gasteiger partial charge in [-0.25, -0.2) is 9.98 Å². The highest BCUT2D eigenvalue weighted by atomic mass is 127. The summed E-state index contributed by atoms with van der Waals surface area (Å²) in [4.78, 5) is 8.51. The number of H-pyrrole nitrogens is 1. The standard InChI is InChI=1S/C17H18N6O.HI/c1-24-15-7-3-6-14(9-15)22-17(18)19-10-12-4-2-5-13(8-12)16-20-11-21-23-16;/h2-9,11H,10H2,1H3,(H3,18,19,22)(H,20,21,23);1H. The Morgan fingerprint density at radius 3 is 2.84 bits per heavy atom. The number of rotatable bonds is 5. The third-order valence-corrected chi connectivity index (χ3v) is 3.39. The lowest BCUT2D eigenvalue weighted by atomic mass is 10.1. The van der Waals surface area contributed by atoms with Crippen LogP contribution in [0.5, 0.6) is 5.75 Å². The number of nitrogens with two attached hydrogens (primary N) is 1. The van der Waals surface area contributed by atoms with Crippen molar-refractivity contribution >= 4 is 35.6 Å². The number of ether oxygens (including phenoxy) is 1. The van der Waals surface area contributed by atoms with E-state index in [4.69, 9.17) is 10.5 Å². The summed E-state index contributed by atoms with van der Waals surface area (Å²) in [5.74, 6) is 1.82. The van der Waals surface area contributed by atoms with E-state index in [0.717, 1.165) is 28.4 Å². The lowest BCUT2D eigenvalue weighted by Crippen LogP contribution is -2.22. The van der Waals surface area contributed by atoms with E-state index < -0.39 is 0 Å². The molecule has 0 aliphatic carbocycles. The van der Waals surface area contributed by atoms with E-state index in [9.17, 15) is 0 Å². The van der Waals surface area contributed by atoms with Gasteiger partial charge in [0.05, 0.1) is 13.7 Å². The SMILES string of the molecule is COc1cccc(NC(N)=NCc2cccc(-c3ncn[nH]3)c2)c1.I. The molecule has 1 heterocycles. The quantitative estimate of drug-likeness (QED) is 0.315. The van der Waals surface area contributed by atoms with Gasteiger partial charge in [-0.2, -0.15) is 5.10 Å². The van der Waals surface area contributed by atoms with Gasteiger partial charge in [-0.05, 0) is 23.8 Å². The summed E-state index contributed by atoms with van der Waals surface area (Å²) < 4.78 is 5.18. The molecule has 2 aromatic carbocycles.